The molecule has 0 aromatic heterocycles. The number of aliphatic hydroxyl groups is 3. The highest BCUT2D eigenvalue weighted by molar-refractivity contribution is 6.03. The molecule has 5 fully saturated rings. The van der Waals surface area contributed by atoms with Crippen LogP contribution >= 0.6 is 0 Å². The van der Waals surface area contributed by atoms with Gasteiger partial charge in [-0.25, -0.2) is 0 Å². The first kappa shape index (κ1) is 23.4. The van der Waals surface area contributed by atoms with Crippen LogP contribution in [-0.2, 0) is 19.1 Å². The summed E-state index contributed by atoms with van der Waals surface area (Å²) in [5.74, 6) is -5.74. The minimum atomic E-state index is -1.35. The van der Waals surface area contributed by atoms with Gasteiger partial charge in [-0.05, 0) is 62.8 Å². The lowest BCUT2D eigenvalue weighted by molar-refractivity contribution is -0.183. The molecular weight excluding hydrogens is 428 g/mol. The number of Topliss-reactive ketones (excluding diaryl/α,β-unsaturated/α-hetero) is 2. The summed E-state index contributed by atoms with van der Waals surface area (Å²) in [5.41, 5.74) is 5.35. The molecule has 1 saturated heterocycles. The van der Waals surface area contributed by atoms with E-state index in [1.807, 2.05) is 0 Å². The van der Waals surface area contributed by atoms with Gasteiger partial charge in [-0.2, -0.15) is 0 Å². The summed E-state index contributed by atoms with van der Waals surface area (Å²) in [6.07, 6.45) is 0.579. The Balaban J connectivity index is 1.43. The van der Waals surface area contributed by atoms with Crippen molar-refractivity contribution in [3.05, 3.63) is 0 Å². The van der Waals surface area contributed by atoms with E-state index in [2.05, 4.69) is 5.32 Å². The highest BCUT2D eigenvalue weighted by Crippen LogP contribution is 2.55. The number of ketones is 2. The molecule has 1 heterocycles. The van der Waals surface area contributed by atoms with Crippen molar-refractivity contribution in [2.45, 2.75) is 69.0 Å². The molecule has 9 nitrogen and oxygen atoms in total. The van der Waals surface area contributed by atoms with Crippen molar-refractivity contribution in [3.8, 4) is 0 Å². The number of hydrogen-bond donors (Lipinski definition) is 5. The first-order chi connectivity index (χ1) is 15.7. The fourth-order valence-corrected chi connectivity index (χ4v) is 8.36. The number of nitrogens with one attached hydrogen (secondary N) is 1. The van der Waals surface area contributed by atoms with E-state index in [-0.39, 0.29) is 48.0 Å². The molecule has 4 aliphatic carbocycles. The predicted molar refractivity (Wildman–Crippen MR) is 115 cm³/mol. The zero-order chi connectivity index (χ0) is 23.6. The van der Waals surface area contributed by atoms with Crippen molar-refractivity contribution in [2.75, 3.05) is 13.7 Å². The van der Waals surface area contributed by atoms with Crippen LogP contribution in [0.1, 0.15) is 38.5 Å². The van der Waals surface area contributed by atoms with Gasteiger partial charge >= 0.3 is 0 Å². The molecule has 184 valence electrons. The van der Waals surface area contributed by atoms with Crippen LogP contribution < -0.4 is 11.1 Å². The van der Waals surface area contributed by atoms with E-state index in [0.29, 0.717) is 19.3 Å². The molecule has 0 spiro atoms. The minimum absolute atomic E-state index is 0.119. The van der Waals surface area contributed by atoms with Crippen molar-refractivity contribution in [1.82, 2.24) is 5.32 Å². The molecule has 6 N–H and O–H groups in total. The van der Waals surface area contributed by atoms with Crippen LogP contribution in [0.4, 0.5) is 0 Å². The summed E-state index contributed by atoms with van der Waals surface area (Å²) >= 11 is 0. The highest BCUT2D eigenvalue weighted by Gasteiger charge is 2.62. The summed E-state index contributed by atoms with van der Waals surface area (Å²) in [6.45, 7) is 0.948. The van der Waals surface area contributed by atoms with E-state index in [1.165, 1.54) is 0 Å². The average Bonchev–Trinajstić information content (AvgIpc) is 3.27. The second-order valence-corrected chi connectivity index (χ2v) is 11.1. The normalized spacial score (nSPS) is 52.1. The molecule has 9 heteroatoms. The van der Waals surface area contributed by atoms with Crippen LogP contribution in [0.5, 0.6) is 0 Å². The third kappa shape index (κ3) is 3.58. The number of ether oxygens (including phenoxy) is 1. The third-order valence-electron chi connectivity index (χ3n) is 9.58. The maximum Gasteiger partial charge on any atom is 0.230 e. The molecule has 1 aliphatic heterocycles. The lowest BCUT2D eigenvalue weighted by Gasteiger charge is -2.56. The van der Waals surface area contributed by atoms with E-state index < -0.39 is 53.7 Å². The zero-order valence-electron chi connectivity index (χ0n) is 19.0. The summed E-state index contributed by atoms with van der Waals surface area (Å²) in [7, 11) is 1.67. The van der Waals surface area contributed by atoms with Gasteiger partial charge in [0.2, 0.25) is 5.91 Å². The first-order valence-electron chi connectivity index (χ1n) is 12.4. The van der Waals surface area contributed by atoms with Gasteiger partial charge in [0, 0.05) is 36.8 Å². The quantitative estimate of drug-likeness (QED) is 0.333. The van der Waals surface area contributed by atoms with Gasteiger partial charge in [-0.1, -0.05) is 0 Å². The molecule has 4 saturated carbocycles. The highest BCUT2D eigenvalue weighted by atomic mass is 16.5. The van der Waals surface area contributed by atoms with Gasteiger partial charge in [0.25, 0.3) is 0 Å². The van der Waals surface area contributed by atoms with Crippen LogP contribution in [0.15, 0.2) is 0 Å². The second-order valence-electron chi connectivity index (χ2n) is 11.1. The standard InChI is InChI=1S/C24H36N2O7/c1-33-23-11(13-3-2-4-26-13)8-15(28)18-12(23)6-9-5-10-7-14(27)19(24(25)32)22(31)17(10)20(29)16(9)21(18)30/h9-20,23,26-29H,2-8H2,1H3,(H2,25,32). The van der Waals surface area contributed by atoms with Gasteiger partial charge in [0.05, 0.1) is 24.4 Å². The van der Waals surface area contributed by atoms with Crippen molar-refractivity contribution in [1.29, 1.82) is 0 Å². The Morgan fingerprint density at radius 2 is 1.64 bits per heavy atom. The molecule has 0 aromatic rings. The summed E-state index contributed by atoms with van der Waals surface area (Å²) < 4.78 is 5.96. The Hall–Kier alpha value is -1.39. The van der Waals surface area contributed by atoms with Gasteiger partial charge in [0.15, 0.2) is 5.78 Å². The largest absolute Gasteiger partial charge is 0.392 e. The number of nitrogens with two attached hydrogens (primary N) is 1. The van der Waals surface area contributed by atoms with E-state index in [0.717, 1.165) is 19.4 Å². The zero-order valence-corrected chi connectivity index (χ0v) is 19.0. The Morgan fingerprint density at radius 1 is 0.939 bits per heavy atom. The van der Waals surface area contributed by atoms with Gasteiger partial charge in [0.1, 0.15) is 11.7 Å². The molecular formula is C24H36N2O7. The van der Waals surface area contributed by atoms with Crippen LogP contribution in [0.3, 0.4) is 0 Å². The van der Waals surface area contributed by atoms with E-state index in [1.54, 1.807) is 7.11 Å². The third-order valence-corrected chi connectivity index (χ3v) is 9.58. The summed E-state index contributed by atoms with van der Waals surface area (Å²) in [4.78, 5) is 38.5. The van der Waals surface area contributed by atoms with Crippen LogP contribution in [0.2, 0.25) is 0 Å². The van der Waals surface area contributed by atoms with Crippen molar-refractivity contribution in [3.63, 3.8) is 0 Å². The lowest BCUT2D eigenvalue weighted by atomic mass is 9.50. The minimum Gasteiger partial charge on any atom is -0.392 e. The number of amides is 1. The number of rotatable bonds is 3. The molecule has 5 rings (SSSR count). The topological polar surface area (TPSA) is 159 Å². The molecule has 0 aromatic carbocycles. The lowest BCUT2D eigenvalue weighted by Crippen LogP contribution is -2.64. The SMILES string of the molecule is COC1C(C2CCCN2)CC(O)C2C(=O)C3C(CC4CC(O)C(C(N)=O)C(=O)C4C3O)CC12. The van der Waals surface area contributed by atoms with Crippen LogP contribution in [-0.4, -0.2) is 76.9 Å². The summed E-state index contributed by atoms with van der Waals surface area (Å²) in [5, 5.41) is 36.3. The maximum absolute atomic E-state index is 13.7. The number of aliphatic hydroxyl groups excluding tert-OH is 3. The van der Waals surface area contributed by atoms with Gasteiger partial charge in [-0.3, -0.25) is 14.4 Å². The molecule has 0 radical (unpaired) electrons. The smallest absolute Gasteiger partial charge is 0.230 e. The van der Waals surface area contributed by atoms with Gasteiger partial charge < -0.3 is 31.1 Å². The monoisotopic (exact) mass is 464 g/mol. The molecule has 33 heavy (non-hydrogen) atoms. The van der Waals surface area contributed by atoms with E-state index >= 15 is 0 Å². The number of methoxy groups -OCH3 is 1. The predicted octanol–water partition coefficient (Wildman–Crippen LogP) is -0.996. The second kappa shape index (κ2) is 8.68. The molecule has 0 bridgehead atoms. The Kier molecular flexibility index (Phi) is 6.14. The number of carbonyl (C=O) groups is 3. The van der Waals surface area contributed by atoms with Gasteiger partial charge in [-0.15, -0.1) is 0 Å². The molecule has 13 unspecified atom stereocenters. The number of primary amides is 1. The maximum atomic E-state index is 13.7. The van der Waals surface area contributed by atoms with E-state index in [9.17, 15) is 29.7 Å². The van der Waals surface area contributed by atoms with Crippen molar-refractivity contribution in [2.24, 2.45) is 53.1 Å². The number of fused-ring (bicyclic) bond motifs is 3. The van der Waals surface area contributed by atoms with Crippen LogP contribution in [0, 0.1) is 47.3 Å². The molecule has 1 amide bonds. The number of hydrogen-bond acceptors (Lipinski definition) is 8. The average molecular weight is 465 g/mol. The Labute approximate surface area is 193 Å². The number of carbonyl (C=O) groups excluding carboxylic acids is 3. The molecule has 5 aliphatic rings. The fraction of sp³-hybridized carbons (Fsp3) is 0.875. The fourth-order valence-electron chi connectivity index (χ4n) is 8.36. The van der Waals surface area contributed by atoms with Crippen molar-refractivity contribution < 1.29 is 34.4 Å². The van der Waals surface area contributed by atoms with E-state index in [4.69, 9.17) is 10.5 Å². The summed E-state index contributed by atoms with van der Waals surface area (Å²) in [6, 6.07) is 0.261. The Morgan fingerprint density at radius 3 is 2.27 bits per heavy atom. The van der Waals surface area contributed by atoms with Crippen LogP contribution in [0.25, 0.3) is 0 Å². The van der Waals surface area contributed by atoms with Crippen molar-refractivity contribution >= 4 is 17.5 Å². The Bertz CT molecular complexity index is 815. The first-order valence-corrected chi connectivity index (χ1v) is 12.4. The molecule has 13 atom stereocenters.